The fraction of sp³-hybridized carbons (Fsp3) is 0.375. The lowest BCUT2D eigenvalue weighted by atomic mass is 10.1. The van der Waals surface area contributed by atoms with Gasteiger partial charge in [0.05, 0.1) is 10.6 Å². The molecule has 0 aliphatic carbocycles. The Balaban J connectivity index is 2.13. The van der Waals surface area contributed by atoms with Gasteiger partial charge in [-0.2, -0.15) is 0 Å². The normalized spacial score (nSPS) is 12.5. The van der Waals surface area contributed by atoms with E-state index in [-0.39, 0.29) is 17.3 Å². The Morgan fingerprint density at radius 1 is 0.905 bits per heavy atom. The van der Waals surface area contributed by atoms with Gasteiger partial charge in [-0.15, -0.1) is 0 Å². The van der Waals surface area contributed by atoms with Crippen molar-refractivity contribution in [2.75, 3.05) is 10.8 Å². The lowest BCUT2D eigenvalue weighted by Gasteiger charge is -2.35. The molecule has 0 heterocycles. The number of carbonyl (C=O) groups excluding carboxylic acids is 2. The molecule has 1 atom stereocenters. The van der Waals surface area contributed by atoms with Gasteiger partial charge in [-0.1, -0.05) is 71.6 Å². The van der Waals surface area contributed by atoms with Crippen molar-refractivity contribution in [2.24, 2.45) is 0 Å². The summed E-state index contributed by atoms with van der Waals surface area (Å²) < 4.78 is 29.3. The van der Waals surface area contributed by atoms with E-state index in [0.29, 0.717) is 33.3 Å². The average molecular weight is 633 g/mol. The Kier molecular flexibility index (Phi) is 10.7. The molecule has 2 amide bonds. The van der Waals surface area contributed by atoms with E-state index in [9.17, 15) is 18.0 Å². The van der Waals surface area contributed by atoms with E-state index in [2.05, 4.69) is 5.32 Å². The van der Waals surface area contributed by atoms with Gasteiger partial charge in [0.1, 0.15) is 12.6 Å². The third kappa shape index (κ3) is 8.27. The van der Waals surface area contributed by atoms with E-state index in [1.54, 1.807) is 49.4 Å². The van der Waals surface area contributed by atoms with Gasteiger partial charge in [0.25, 0.3) is 10.0 Å². The molecule has 3 aromatic carbocycles. The summed E-state index contributed by atoms with van der Waals surface area (Å²) in [7, 11) is -4.16. The standard InChI is InChI=1S/C32H39Cl2N3O4S/c1-8-28(31(39)35-32(5,6)7)36(19-24-12-13-25(33)18-27(24)34)30(38)20-37(29-16-11-22(3)17-23(29)4)42(40,41)26-14-9-21(2)10-15-26/h9-18,28H,8,19-20H2,1-7H3,(H,35,39)/t28-/m1/s1. The van der Waals surface area contributed by atoms with Crippen molar-refractivity contribution < 1.29 is 18.0 Å². The lowest BCUT2D eigenvalue weighted by molar-refractivity contribution is -0.141. The van der Waals surface area contributed by atoms with E-state index in [1.165, 1.54) is 17.0 Å². The Morgan fingerprint density at radius 2 is 1.52 bits per heavy atom. The summed E-state index contributed by atoms with van der Waals surface area (Å²) in [6.45, 7) is 12.4. The van der Waals surface area contributed by atoms with Gasteiger partial charge < -0.3 is 10.2 Å². The Labute approximate surface area is 259 Å². The number of sulfonamides is 1. The number of amides is 2. The predicted octanol–water partition coefficient (Wildman–Crippen LogP) is 6.84. The first-order valence-corrected chi connectivity index (χ1v) is 15.9. The van der Waals surface area contributed by atoms with Gasteiger partial charge in [0.15, 0.2) is 0 Å². The first-order chi connectivity index (χ1) is 19.5. The molecule has 1 N–H and O–H groups in total. The molecule has 3 rings (SSSR count). The SMILES string of the molecule is CC[C@H](C(=O)NC(C)(C)C)N(Cc1ccc(Cl)cc1Cl)C(=O)CN(c1ccc(C)cc1C)S(=O)(=O)c1ccc(C)cc1. The first kappa shape index (κ1) is 33.4. The van der Waals surface area contributed by atoms with Crippen molar-refractivity contribution in [1.29, 1.82) is 0 Å². The van der Waals surface area contributed by atoms with E-state index in [1.807, 2.05) is 47.6 Å². The molecule has 3 aromatic rings. The molecule has 7 nitrogen and oxygen atoms in total. The minimum absolute atomic E-state index is 0.0177. The van der Waals surface area contributed by atoms with Crippen molar-refractivity contribution >= 4 is 50.7 Å². The first-order valence-electron chi connectivity index (χ1n) is 13.8. The van der Waals surface area contributed by atoms with Crippen LogP contribution >= 0.6 is 23.2 Å². The van der Waals surface area contributed by atoms with Crippen molar-refractivity contribution in [2.45, 2.75) is 77.9 Å². The van der Waals surface area contributed by atoms with Crippen LogP contribution in [0.2, 0.25) is 10.0 Å². The summed E-state index contributed by atoms with van der Waals surface area (Å²) in [5.41, 5.74) is 2.98. The molecule has 0 unspecified atom stereocenters. The van der Waals surface area contributed by atoms with Gasteiger partial charge >= 0.3 is 0 Å². The van der Waals surface area contributed by atoms with E-state index in [4.69, 9.17) is 23.2 Å². The van der Waals surface area contributed by atoms with Gasteiger partial charge in [-0.05, 0) is 89.4 Å². The molecule has 0 aliphatic heterocycles. The van der Waals surface area contributed by atoms with Crippen molar-refractivity contribution in [3.63, 3.8) is 0 Å². The topological polar surface area (TPSA) is 86.8 Å². The molecule has 0 aliphatic rings. The second-order valence-corrected chi connectivity index (χ2v) is 14.2. The Hall–Kier alpha value is -3.07. The van der Waals surface area contributed by atoms with E-state index in [0.717, 1.165) is 15.4 Å². The molecule has 0 bridgehead atoms. The molecular formula is C32H39Cl2N3O4S. The minimum Gasteiger partial charge on any atom is -0.350 e. The molecule has 0 radical (unpaired) electrons. The lowest BCUT2D eigenvalue weighted by Crippen LogP contribution is -2.55. The number of nitrogens with zero attached hydrogens (tertiary/aromatic N) is 2. The van der Waals surface area contributed by atoms with Crippen LogP contribution in [0, 0.1) is 20.8 Å². The Morgan fingerprint density at radius 3 is 2.07 bits per heavy atom. The summed E-state index contributed by atoms with van der Waals surface area (Å²) in [6.07, 6.45) is 0.299. The average Bonchev–Trinajstić information content (AvgIpc) is 2.88. The summed E-state index contributed by atoms with van der Waals surface area (Å²) in [4.78, 5) is 29.2. The van der Waals surface area contributed by atoms with Gasteiger partial charge in [0, 0.05) is 22.1 Å². The number of rotatable bonds is 10. The largest absolute Gasteiger partial charge is 0.350 e. The highest BCUT2D eigenvalue weighted by atomic mass is 35.5. The minimum atomic E-state index is -4.16. The smallest absolute Gasteiger partial charge is 0.264 e. The van der Waals surface area contributed by atoms with Crippen LogP contribution in [0.15, 0.2) is 65.6 Å². The fourth-order valence-corrected chi connectivity index (χ4v) is 6.59. The predicted molar refractivity (Wildman–Crippen MR) is 171 cm³/mol. The number of carbonyl (C=O) groups is 2. The molecule has 0 saturated carbocycles. The maximum atomic E-state index is 14.3. The van der Waals surface area contributed by atoms with Crippen LogP contribution in [0.1, 0.15) is 56.4 Å². The number of benzene rings is 3. The van der Waals surface area contributed by atoms with Gasteiger partial charge in [-0.3, -0.25) is 13.9 Å². The van der Waals surface area contributed by atoms with Crippen LogP contribution in [0.25, 0.3) is 0 Å². The molecule has 0 fully saturated rings. The molecule has 0 saturated heterocycles. The highest BCUT2D eigenvalue weighted by Gasteiger charge is 2.35. The number of hydrogen-bond donors (Lipinski definition) is 1. The van der Waals surface area contributed by atoms with Crippen molar-refractivity contribution in [3.8, 4) is 0 Å². The number of aryl methyl sites for hydroxylation is 3. The fourth-order valence-electron chi connectivity index (χ4n) is 4.64. The quantitative estimate of drug-likeness (QED) is 0.265. The van der Waals surface area contributed by atoms with Crippen LogP contribution in [0.3, 0.4) is 0 Å². The third-order valence-electron chi connectivity index (χ3n) is 6.75. The number of nitrogens with one attached hydrogen (secondary N) is 1. The summed E-state index contributed by atoms with van der Waals surface area (Å²) in [5, 5.41) is 3.73. The zero-order valence-corrected chi connectivity index (χ0v) is 27.5. The van der Waals surface area contributed by atoms with Gasteiger partial charge in [-0.25, -0.2) is 8.42 Å². The zero-order chi connectivity index (χ0) is 31.4. The van der Waals surface area contributed by atoms with Crippen LogP contribution in [-0.2, 0) is 26.2 Å². The number of anilines is 1. The molecule has 0 aromatic heterocycles. The third-order valence-corrected chi connectivity index (χ3v) is 9.11. The molecule has 226 valence electrons. The van der Waals surface area contributed by atoms with Crippen LogP contribution in [0.4, 0.5) is 5.69 Å². The highest BCUT2D eigenvalue weighted by molar-refractivity contribution is 7.92. The van der Waals surface area contributed by atoms with Crippen molar-refractivity contribution in [3.05, 3.63) is 93.0 Å². The van der Waals surface area contributed by atoms with Crippen LogP contribution < -0.4 is 9.62 Å². The van der Waals surface area contributed by atoms with Gasteiger partial charge in [0.2, 0.25) is 11.8 Å². The number of hydrogen-bond acceptors (Lipinski definition) is 4. The summed E-state index contributed by atoms with van der Waals surface area (Å²) in [5.74, 6) is -0.893. The maximum absolute atomic E-state index is 14.3. The molecule has 42 heavy (non-hydrogen) atoms. The number of halogens is 2. The second kappa shape index (κ2) is 13.5. The second-order valence-electron chi connectivity index (χ2n) is 11.5. The van der Waals surface area contributed by atoms with E-state index >= 15 is 0 Å². The van der Waals surface area contributed by atoms with Crippen LogP contribution in [0.5, 0.6) is 0 Å². The molecular weight excluding hydrogens is 593 g/mol. The van der Waals surface area contributed by atoms with E-state index < -0.39 is 34.1 Å². The summed E-state index contributed by atoms with van der Waals surface area (Å²) >= 11 is 12.6. The zero-order valence-electron chi connectivity index (χ0n) is 25.2. The molecule has 10 heteroatoms. The maximum Gasteiger partial charge on any atom is 0.264 e. The van der Waals surface area contributed by atoms with Crippen molar-refractivity contribution in [1.82, 2.24) is 10.2 Å². The Bertz CT molecular complexity index is 1550. The highest BCUT2D eigenvalue weighted by Crippen LogP contribution is 2.29. The summed E-state index contributed by atoms with van der Waals surface area (Å²) in [6, 6.07) is 15.9. The van der Waals surface area contributed by atoms with Crippen LogP contribution in [-0.4, -0.2) is 43.3 Å². The molecule has 0 spiro atoms. The monoisotopic (exact) mass is 631 g/mol.